The van der Waals surface area contributed by atoms with Gasteiger partial charge < -0.3 is 4.90 Å². The van der Waals surface area contributed by atoms with Gasteiger partial charge >= 0.3 is 0 Å². The largest absolute Gasteiger partial charge is 0.342 e. The van der Waals surface area contributed by atoms with Crippen molar-refractivity contribution < 1.29 is 4.79 Å². The number of carbonyl (C=O) groups excluding carboxylic acids is 1. The summed E-state index contributed by atoms with van der Waals surface area (Å²) in [6, 6.07) is 0. The van der Waals surface area contributed by atoms with Crippen molar-refractivity contribution in [1.29, 1.82) is 0 Å². The van der Waals surface area contributed by atoms with Gasteiger partial charge in [-0.15, -0.1) is 0 Å². The highest BCUT2D eigenvalue weighted by Gasteiger charge is 2.46. The number of hydrogen-bond donors (Lipinski definition) is 0. The summed E-state index contributed by atoms with van der Waals surface area (Å²) < 4.78 is 0. The van der Waals surface area contributed by atoms with E-state index in [2.05, 4.69) is 27.7 Å². The fraction of sp³-hybridized carbons (Fsp3) is 0.917. The van der Waals surface area contributed by atoms with Gasteiger partial charge in [0.25, 0.3) is 0 Å². The number of amides is 1. The third kappa shape index (κ3) is 2.10. The lowest BCUT2D eigenvalue weighted by Crippen LogP contribution is -2.60. The Hall–Kier alpha value is -0.530. The predicted molar refractivity (Wildman–Crippen MR) is 59.0 cm³/mol. The van der Waals surface area contributed by atoms with Gasteiger partial charge in [0.05, 0.1) is 0 Å². The van der Waals surface area contributed by atoms with Crippen LogP contribution in [0.25, 0.3) is 0 Å². The molecule has 1 heterocycles. The average Bonchev–Trinajstić information content (AvgIpc) is 1.93. The summed E-state index contributed by atoms with van der Waals surface area (Å²) in [4.78, 5) is 13.1. The Morgan fingerprint density at radius 1 is 1.29 bits per heavy atom. The molecule has 1 rings (SSSR count). The van der Waals surface area contributed by atoms with Gasteiger partial charge in [-0.1, -0.05) is 27.7 Å². The lowest BCUT2D eigenvalue weighted by Gasteiger charge is -2.53. The Morgan fingerprint density at radius 2 is 1.79 bits per heavy atom. The van der Waals surface area contributed by atoms with Gasteiger partial charge in [0.2, 0.25) is 5.91 Å². The van der Waals surface area contributed by atoms with Crippen LogP contribution in [0.2, 0.25) is 0 Å². The summed E-state index contributed by atoms with van der Waals surface area (Å²) in [6.07, 6.45) is 1.24. The summed E-state index contributed by atoms with van der Waals surface area (Å²) in [6.45, 7) is 12.7. The minimum absolute atomic E-state index is 0.227. The Balaban J connectivity index is 2.57. The van der Waals surface area contributed by atoms with Gasteiger partial charge in [-0.05, 0) is 18.3 Å². The van der Waals surface area contributed by atoms with Gasteiger partial charge in [0.1, 0.15) is 0 Å². The molecule has 0 aromatic carbocycles. The fourth-order valence-corrected chi connectivity index (χ4v) is 2.48. The smallest absolute Gasteiger partial charge is 0.219 e. The topological polar surface area (TPSA) is 20.3 Å². The van der Waals surface area contributed by atoms with Gasteiger partial charge in [-0.25, -0.2) is 0 Å². The Morgan fingerprint density at radius 3 is 2.07 bits per heavy atom. The second-order valence-corrected chi connectivity index (χ2v) is 5.49. The minimum atomic E-state index is 0.227. The monoisotopic (exact) mass is 197 g/mol. The van der Waals surface area contributed by atoms with E-state index >= 15 is 0 Å². The highest BCUT2D eigenvalue weighted by Crippen LogP contribution is 2.43. The standard InChI is InChI=1S/C12H23NO/c1-9(2)6-12(10(3)4)7-13(8-12)11(5)14/h9-10H,6-8H2,1-5H3. The van der Waals surface area contributed by atoms with Crippen LogP contribution in [-0.4, -0.2) is 23.9 Å². The van der Waals surface area contributed by atoms with E-state index in [4.69, 9.17) is 0 Å². The predicted octanol–water partition coefficient (Wildman–Crippen LogP) is 2.54. The second-order valence-electron chi connectivity index (χ2n) is 5.49. The van der Waals surface area contributed by atoms with Gasteiger partial charge in [0, 0.05) is 25.4 Å². The molecule has 1 fully saturated rings. The van der Waals surface area contributed by atoms with Crippen LogP contribution in [-0.2, 0) is 4.79 Å². The molecule has 0 aliphatic carbocycles. The molecule has 14 heavy (non-hydrogen) atoms. The van der Waals surface area contributed by atoms with E-state index in [1.165, 1.54) is 6.42 Å². The van der Waals surface area contributed by atoms with E-state index in [-0.39, 0.29) is 5.91 Å². The molecule has 1 aliphatic rings. The molecule has 1 aliphatic heterocycles. The number of nitrogens with zero attached hydrogens (tertiary/aromatic N) is 1. The number of likely N-dealkylation sites (tertiary alicyclic amines) is 1. The van der Waals surface area contributed by atoms with Crippen LogP contribution in [0.5, 0.6) is 0 Å². The maximum absolute atomic E-state index is 11.1. The van der Waals surface area contributed by atoms with Crippen molar-refractivity contribution in [2.45, 2.75) is 41.0 Å². The first-order valence-electron chi connectivity index (χ1n) is 5.63. The third-order valence-corrected chi connectivity index (χ3v) is 3.50. The maximum Gasteiger partial charge on any atom is 0.219 e. The van der Waals surface area contributed by atoms with Crippen LogP contribution in [0.1, 0.15) is 41.0 Å². The normalized spacial score (nSPS) is 20.1. The molecule has 0 bridgehead atoms. The average molecular weight is 197 g/mol. The summed E-state index contributed by atoms with van der Waals surface area (Å²) in [5, 5.41) is 0. The molecule has 1 saturated heterocycles. The van der Waals surface area contributed by atoms with Gasteiger partial charge in [-0.2, -0.15) is 0 Å². The van der Waals surface area contributed by atoms with Crippen LogP contribution in [0.15, 0.2) is 0 Å². The van der Waals surface area contributed by atoms with Crippen LogP contribution in [0.3, 0.4) is 0 Å². The molecule has 0 spiro atoms. The fourth-order valence-electron chi connectivity index (χ4n) is 2.48. The number of hydrogen-bond acceptors (Lipinski definition) is 1. The highest BCUT2D eigenvalue weighted by atomic mass is 16.2. The van der Waals surface area contributed by atoms with E-state index in [1.54, 1.807) is 6.92 Å². The van der Waals surface area contributed by atoms with Crippen LogP contribution >= 0.6 is 0 Å². The van der Waals surface area contributed by atoms with Crippen molar-refractivity contribution in [2.24, 2.45) is 17.3 Å². The molecule has 0 atom stereocenters. The van der Waals surface area contributed by atoms with Crippen LogP contribution < -0.4 is 0 Å². The molecule has 0 radical (unpaired) electrons. The first-order valence-corrected chi connectivity index (χ1v) is 5.63. The Labute approximate surface area is 87.7 Å². The summed E-state index contributed by atoms with van der Waals surface area (Å²) in [5.74, 6) is 1.64. The molecule has 0 unspecified atom stereocenters. The zero-order valence-electron chi connectivity index (χ0n) is 10.1. The van der Waals surface area contributed by atoms with Crippen molar-refractivity contribution >= 4 is 5.91 Å². The van der Waals surface area contributed by atoms with E-state index < -0.39 is 0 Å². The number of rotatable bonds is 3. The Bertz CT molecular complexity index is 214. The first kappa shape index (κ1) is 11.5. The lowest BCUT2D eigenvalue weighted by atomic mass is 9.66. The molecular weight excluding hydrogens is 174 g/mol. The van der Waals surface area contributed by atoms with Crippen LogP contribution in [0.4, 0.5) is 0 Å². The van der Waals surface area contributed by atoms with E-state index in [0.717, 1.165) is 19.0 Å². The van der Waals surface area contributed by atoms with E-state index in [0.29, 0.717) is 11.3 Å². The lowest BCUT2D eigenvalue weighted by molar-refractivity contribution is -0.145. The van der Waals surface area contributed by atoms with Crippen molar-refractivity contribution in [2.75, 3.05) is 13.1 Å². The first-order chi connectivity index (χ1) is 6.37. The highest BCUT2D eigenvalue weighted by molar-refractivity contribution is 5.74. The maximum atomic E-state index is 11.1. The van der Waals surface area contributed by atoms with E-state index in [1.807, 2.05) is 4.90 Å². The molecule has 0 saturated carbocycles. The Kier molecular flexibility index (Phi) is 3.23. The van der Waals surface area contributed by atoms with Gasteiger partial charge in [0.15, 0.2) is 0 Å². The quantitative estimate of drug-likeness (QED) is 0.681. The van der Waals surface area contributed by atoms with Crippen molar-refractivity contribution in [1.82, 2.24) is 4.90 Å². The second kappa shape index (κ2) is 3.92. The SMILES string of the molecule is CC(=O)N1CC(CC(C)C)(C(C)C)C1. The molecule has 2 nitrogen and oxygen atoms in total. The van der Waals surface area contributed by atoms with Crippen LogP contribution in [0, 0.1) is 17.3 Å². The molecule has 2 heteroatoms. The molecular formula is C12H23NO. The molecule has 0 aromatic heterocycles. The molecule has 1 amide bonds. The van der Waals surface area contributed by atoms with Crippen molar-refractivity contribution in [3.05, 3.63) is 0 Å². The third-order valence-electron chi connectivity index (χ3n) is 3.50. The van der Waals surface area contributed by atoms with Crippen molar-refractivity contribution in [3.8, 4) is 0 Å². The van der Waals surface area contributed by atoms with E-state index in [9.17, 15) is 4.79 Å². The zero-order chi connectivity index (χ0) is 10.9. The molecule has 82 valence electrons. The summed E-state index contributed by atoms with van der Waals surface area (Å²) in [7, 11) is 0. The molecule has 0 N–H and O–H groups in total. The minimum Gasteiger partial charge on any atom is -0.342 e. The summed E-state index contributed by atoms with van der Waals surface area (Å²) in [5.41, 5.74) is 0.403. The number of carbonyl (C=O) groups is 1. The van der Waals surface area contributed by atoms with Crippen molar-refractivity contribution in [3.63, 3.8) is 0 Å². The summed E-state index contributed by atoms with van der Waals surface area (Å²) >= 11 is 0. The van der Waals surface area contributed by atoms with Gasteiger partial charge in [-0.3, -0.25) is 4.79 Å². The molecule has 0 aromatic rings. The zero-order valence-corrected chi connectivity index (χ0v) is 10.1.